The first-order valence-corrected chi connectivity index (χ1v) is 5.85. The summed E-state index contributed by atoms with van der Waals surface area (Å²) in [6.45, 7) is 1.89. The van der Waals surface area contributed by atoms with E-state index in [1.54, 1.807) is 6.92 Å². The van der Waals surface area contributed by atoms with E-state index in [4.69, 9.17) is 0 Å². The number of aliphatic hydroxyl groups excluding tert-OH is 1. The number of benzene rings is 1. The maximum absolute atomic E-state index is 12.5. The zero-order valence-electron chi connectivity index (χ0n) is 10.4. The molecule has 0 bridgehead atoms. The van der Waals surface area contributed by atoms with Gasteiger partial charge in [0.25, 0.3) is 0 Å². The summed E-state index contributed by atoms with van der Waals surface area (Å²) in [7, 11) is 0. The van der Waals surface area contributed by atoms with Crippen molar-refractivity contribution in [3.8, 4) is 0 Å². The number of hydrogen-bond donors (Lipinski definition) is 1. The van der Waals surface area contributed by atoms with E-state index in [9.17, 15) is 23.1 Å². The van der Waals surface area contributed by atoms with Gasteiger partial charge in [0.1, 0.15) is 0 Å². The van der Waals surface area contributed by atoms with Gasteiger partial charge >= 0.3 is 12.1 Å². The Kier molecular flexibility index (Phi) is 5.35. The molecule has 0 spiro atoms. The number of alkyl halides is 3. The Morgan fingerprint density at radius 1 is 1.42 bits per heavy atom. The van der Waals surface area contributed by atoms with Crippen LogP contribution in [0.1, 0.15) is 37.0 Å². The van der Waals surface area contributed by atoms with E-state index in [1.165, 1.54) is 12.1 Å². The molecular formula is C13H15F3O3. The Labute approximate surface area is 109 Å². The Morgan fingerprint density at radius 2 is 2.11 bits per heavy atom. The van der Waals surface area contributed by atoms with Gasteiger partial charge in [-0.15, -0.1) is 0 Å². The molecule has 0 aliphatic carbocycles. The number of rotatable bonds is 5. The maximum Gasteiger partial charge on any atom is 0.416 e. The Balaban J connectivity index is 2.67. The number of aliphatic hydroxyl groups is 1. The van der Waals surface area contributed by atoms with Crippen LogP contribution in [0.15, 0.2) is 24.3 Å². The van der Waals surface area contributed by atoms with Crippen LogP contribution >= 0.6 is 0 Å². The molecule has 0 saturated carbocycles. The van der Waals surface area contributed by atoms with Gasteiger partial charge in [0.2, 0.25) is 0 Å². The number of ether oxygens (including phenoxy) is 1. The van der Waals surface area contributed by atoms with Gasteiger partial charge in [-0.3, -0.25) is 4.79 Å². The molecule has 0 heterocycles. The second-order valence-corrected chi connectivity index (χ2v) is 3.98. The second-order valence-electron chi connectivity index (χ2n) is 3.98. The lowest BCUT2D eigenvalue weighted by atomic mass is 10.0. The Morgan fingerprint density at radius 3 is 2.68 bits per heavy atom. The normalized spacial score (nSPS) is 13.1. The predicted octanol–water partition coefficient (Wildman–Crippen LogP) is 3.08. The number of esters is 1. The van der Waals surface area contributed by atoms with Crippen molar-refractivity contribution in [1.29, 1.82) is 0 Å². The van der Waals surface area contributed by atoms with E-state index in [0.29, 0.717) is 0 Å². The molecule has 1 aromatic carbocycles. The first-order valence-electron chi connectivity index (χ1n) is 5.85. The third-order valence-corrected chi connectivity index (χ3v) is 2.53. The fourth-order valence-corrected chi connectivity index (χ4v) is 1.58. The zero-order chi connectivity index (χ0) is 14.5. The first kappa shape index (κ1) is 15.5. The van der Waals surface area contributed by atoms with Gasteiger partial charge in [-0.05, 0) is 31.0 Å². The average Bonchev–Trinajstić information content (AvgIpc) is 2.35. The smallest absolute Gasteiger partial charge is 0.416 e. The molecular weight excluding hydrogens is 261 g/mol. The molecule has 0 radical (unpaired) electrons. The quantitative estimate of drug-likeness (QED) is 0.841. The highest BCUT2D eigenvalue weighted by molar-refractivity contribution is 5.69. The van der Waals surface area contributed by atoms with Crippen LogP contribution in [-0.4, -0.2) is 17.7 Å². The standard InChI is InChI=1S/C13H15F3O3/c1-2-19-12(18)7-6-11(17)9-4-3-5-10(8-9)13(14,15)16/h3-5,8,11,17H,2,6-7H2,1H3. The van der Waals surface area contributed by atoms with Crippen molar-refractivity contribution in [2.75, 3.05) is 6.61 Å². The van der Waals surface area contributed by atoms with Crippen molar-refractivity contribution in [3.63, 3.8) is 0 Å². The summed E-state index contributed by atoms with van der Waals surface area (Å²) in [6.07, 6.45) is -5.57. The highest BCUT2D eigenvalue weighted by Crippen LogP contribution is 2.31. The summed E-state index contributed by atoms with van der Waals surface area (Å²) in [5.74, 6) is -0.478. The molecule has 0 fully saturated rings. The lowest BCUT2D eigenvalue weighted by Gasteiger charge is -2.13. The van der Waals surface area contributed by atoms with Crippen molar-refractivity contribution in [2.24, 2.45) is 0 Å². The lowest BCUT2D eigenvalue weighted by Crippen LogP contribution is -2.09. The SMILES string of the molecule is CCOC(=O)CCC(O)c1cccc(C(F)(F)F)c1. The van der Waals surface area contributed by atoms with Crippen molar-refractivity contribution >= 4 is 5.97 Å². The number of halogens is 3. The summed E-state index contributed by atoms with van der Waals surface area (Å²) in [4.78, 5) is 11.1. The summed E-state index contributed by atoms with van der Waals surface area (Å²) in [5, 5.41) is 9.75. The average molecular weight is 276 g/mol. The summed E-state index contributed by atoms with van der Waals surface area (Å²) < 4.78 is 42.1. The van der Waals surface area contributed by atoms with E-state index >= 15 is 0 Å². The van der Waals surface area contributed by atoms with Gasteiger partial charge in [0.05, 0.1) is 18.3 Å². The third kappa shape index (κ3) is 4.90. The van der Waals surface area contributed by atoms with E-state index in [0.717, 1.165) is 12.1 Å². The van der Waals surface area contributed by atoms with Gasteiger partial charge in [-0.2, -0.15) is 13.2 Å². The molecule has 0 amide bonds. The largest absolute Gasteiger partial charge is 0.466 e. The minimum absolute atomic E-state index is 0.0279. The maximum atomic E-state index is 12.5. The molecule has 0 saturated heterocycles. The molecule has 1 unspecified atom stereocenters. The van der Waals surface area contributed by atoms with Crippen molar-refractivity contribution in [2.45, 2.75) is 32.0 Å². The van der Waals surface area contributed by atoms with E-state index < -0.39 is 23.8 Å². The Bertz CT molecular complexity index is 429. The van der Waals surface area contributed by atoms with Gasteiger partial charge in [0.15, 0.2) is 0 Å². The first-order chi connectivity index (χ1) is 8.84. The van der Waals surface area contributed by atoms with Crippen LogP contribution in [0.5, 0.6) is 0 Å². The molecule has 0 aliphatic heterocycles. The van der Waals surface area contributed by atoms with Crippen LogP contribution in [0.25, 0.3) is 0 Å². The third-order valence-electron chi connectivity index (χ3n) is 2.53. The van der Waals surface area contributed by atoms with Gasteiger partial charge in [-0.25, -0.2) is 0 Å². The van der Waals surface area contributed by atoms with Crippen LogP contribution in [-0.2, 0) is 15.7 Å². The van der Waals surface area contributed by atoms with Crippen LogP contribution in [0.4, 0.5) is 13.2 Å². The second kappa shape index (κ2) is 6.56. The highest BCUT2D eigenvalue weighted by atomic mass is 19.4. The number of carbonyl (C=O) groups excluding carboxylic acids is 1. The summed E-state index contributed by atoms with van der Waals surface area (Å²) >= 11 is 0. The van der Waals surface area contributed by atoms with E-state index in [1.807, 2.05) is 0 Å². The van der Waals surface area contributed by atoms with Crippen LogP contribution < -0.4 is 0 Å². The van der Waals surface area contributed by atoms with Crippen LogP contribution in [0.3, 0.4) is 0 Å². The molecule has 1 atom stereocenters. The highest BCUT2D eigenvalue weighted by Gasteiger charge is 2.30. The number of carbonyl (C=O) groups is 1. The van der Waals surface area contributed by atoms with Crippen LogP contribution in [0.2, 0.25) is 0 Å². The molecule has 3 nitrogen and oxygen atoms in total. The predicted molar refractivity (Wildman–Crippen MR) is 62.3 cm³/mol. The van der Waals surface area contributed by atoms with Crippen molar-refractivity contribution in [1.82, 2.24) is 0 Å². The Hall–Kier alpha value is -1.56. The van der Waals surface area contributed by atoms with Gasteiger partial charge in [-0.1, -0.05) is 12.1 Å². The summed E-state index contributed by atoms with van der Waals surface area (Å²) in [5.41, 5.74) is -0.681. The molecule has 1 N–H and O–H groups in total. The molecule has 6 heteroatoms. The molecule has 106 valence electrons. The van der Waals surface area contributed by atoms with Crippen molar-refractivity contribution < 1.29 is 27.8 Å². The summed E-state index contributed by atoms with van der Waals surface area (Å²) in [6, 6.07) is 4.44. The molecule has 0 aliphatic rings. The monoisotopic (exact) mass is 276 g/mol. The zero-order valence-corrected chi connectivity index (χ0v) is 10.4. The van der Waals surface area contributed by atoms with E-state index in [-0.39, 0.29) is 25.0 Å². The minimum Gasteiger partial charge on any atom is -0.466 e. The molecule has 1 aromatic rings. The van der Waals surface area contributed by atoms with Crippen molar-refractivity contribution in [3.05, 3.63) is 35.4 Å². The van der Waals surface area contributed by atoms with E-state index in [2.05, 4.69) is 4.74 Å². The van der Waals surface area contributed by atoms with Gasteiger partial charge in [0, 0.05) is 6.42 Å². The molecule has 19 heavy (non-hydrogen) atoms. The molecule has 1 rings (SSSR count). The molecule has 0 aromatic heterocycles. The fourth-order valence-electron chi connectivity index (χ4n) is 1.58. The van der Waals surface area contributed by atoms with Gasteiger partial charge < -0.3 is 9.84 Å². The number of hydrogen-bond acceptors (Lipinski definition) is 3. The van der Waals surface area contributed by atoms with Crippen LogP contribution in [0, 0.1) is 0 Å². The topological polar surface area (TPSA) is 46.5 Å². The minimum atomic E-state index is -4.45. The fraction of sp³-hybridized carbons (Fsp3) is 0.462. The lowest BCUT2D eigenvalue weighted by molar-refractivity contribution is -0.144.